The lowest BCUT2D eigenvalue weighted by molar-refractivity contribution is 0.132. The first kappa shape index (κ1) is 18.0. The third-order valence-corrected chi connectivity index (χ3v) is 7.97. The molecule has 25 heavy (non-hydrogen) atoms. The maximum atomic E-state index is 10.8. The van der Waals surface area contributed by atoms with Crippen LogP contribution in [0.15, 0.2) is 45.6 Å². The molecule has 2 aliphatic heterocycles. The Morgan fingerprint density at radius 2 is 2.16 bits per heavy atom. The molecule has 0 aromatic heterocycles. The molecule has 1 spiro atoms. The van der Waals surface area contributed by atoms with Crippen LogP contribution in [0, 0.1) is 0 Å². The minimum atomic E-state index is -0.271. The van der Waals surface area contributed by atoms with Gasteiger partial charge < -0.3 is 9.41 Å². The summed E-state index contributed by atoms with van der Waals surface area (Å²) in [6.07, 6.45) is 13.3. The second kappa shape index (κ2) is 7.32. The Balaban J connectivity index is 1.40. The van der Waals surface area contributed by atoms with Gasteiger partial charge in [-0.2, -0.15) is 0 Å². The summed E-state index contributed by atoms with van der Waals surface area (Å²) in [6.45, 7) is 3.64. The summed E-state index contributed by atoms with van der Waals surface area (Å²) in [6, 6.07) is 0. The lowest BCUT2D eigenvalue weighted by Crippen LogP contribution is -2.39. The molecule has 0 saturated carbocycles. The highest BCUT2D eigenvalue weighted by molar-refractivity contribution is 7.98. The zero-order valence-electron chi connectivity index (χ0n) is 14.3. The van der Waals surface area contributed by atoms with Crippen molar-refractivity contribution in [1.29, 1.82) is 0 Å². The molecule has 0 aromatic carbocycles. The molecule has 2 aliphatic carbocycles. The van der Waals surface area contributed by atoms with Gasteiger partial charge >= 0.3 is 0 Å². The van der Waals surface area contributed by atoms with E-state index in [0.29, 0.717) is 5.03 Å². The Kier molecular flexibility index (Phi) is 5.27. The van der Waals surface area contributed by atoms with Crippen molar-refractivity contribution in [2.45, 2.75) is 43.0 Å². The predicted molar refractivity (Wildman–Crippen MR) is 107 cm³/mol. The number of allylic oxidation sites excluding steroid dienone is 7. The summed E-state index contributed by atoms with van der Waals surface area (Å²) < 4.78 is 2.27. The van der Waals surface area contributed by atoms with Gasteiger partial charge in [-0.3, -0.25) is 4.90 Å². The Morgan fingerprint density at radius 3 is 2.92 bits per heavy atom. The number of nitrogens with zero attached hydrogens (tertiary/aromatic N) is 2. The van der Waals surface area contributed by atoms with Gasteiger partial charge in [-0.25, -0.2) is 0 Å². The third-order valence-electron chi connectivity index (χ3n) is 5.57. The Labute approximate surface area is 164 Å². The molecule has 1 N–H and O–H groups in total. The quantitative estimate of drug-likeness (QED) is 0.712. The third kappa shape index (κ3) is 3.70. The number of aliphatic hydroxyl groups is 1. The van der Waals surface area contributed by atoms with Crippen LogP contribution in [0.1, 0.15) is 32.1 Å². The van der Waals surface area contributed by atoms with Gasteiger partial charge in [-0.1, -0.05) is 40.9 Å². The van der Waals surface area contributed by atoms with Gasteiger partial charge in [0.25, 0.3) is 0 Å². The van der Waals surface area contributed by atoms with Crippen LogP contribution in [0.3, 0.4) is 0 Å². The summed E-state index contributed by atoms with van der Waals surface area (Å²) in [5.74, 6) is 0. The summed E-state index contributed by atoms with van der Waals surface area (Å²) >= 11 is 14.1. The van der Waals surface area contributed by atoms with Crippen LogP contribution >= 0.6 is 35.1 Å². The molecule has 4 aliphatic rings. The van der Waals surface area contributed by atoms with Crippen molar-refractivity contribution < 1.29 is 5.11 Å². The van der Waals surface area contributed by atoms with Crippen molar-refractivity contribution in [1.82, 2.24) is 9.21 Å². The van der Waals surface area contributed by atoms with Gasteiger partial charge in [-0.15, -0.1) is 0 Å². The zero-order chi connectivity index (χ0) is 17.4. The lowest BCUT2D eigenvalue weighted by Gasteiger charge is -2.28. The molecule has 3 nitrogen and oxygen atoms in total. The Hall–Kier alpha value is -0.390. The minimum Gasteiger partial charge on any atom is -0.390 e. The van der Waals surface area contributed by atoms with Gasteiger partial charge in [0, 0.05) is 30.4 Å². The average molecular weight is 399 g/mol. The van der Waals surface area contributed by atoms with Gasteiger partial charge in [0.05, 0.1) is 22.4 Å². The van der Waals surface area contributed by atoms with Gasteiger partial charge in [-0.05, 0) is 56.2 Å². The van der Waals surface area contributed by atoms with Crippen LogP contribution in [0.2, 0.25) is 0 Å². The van der Waals surface area contributed by atoms with Crippen molar-refractivity contribution in [2.75, 3.05) is 26.2 Å². The molecule has 0 radical (unpaired) electrons. The van der Waals surface area contributed by atoms with Gasteiger partial charge in [0.15, 0.2) is 0 Å². The molecule has 2 saturated heterocycles. The van der Waals surface area contributed by atoms with E-state index in [1.165, 1.54) is 11.3 Å². The molecular formula is C19H24Cl2N2OS. The van der Waals surface area contributed by atoms with Gasteiger partial charge in [0.2, 0.25) is 0 Å². The summed E-state index contributed by atoms with van der Waals surface area (Å²) in [5, 5.41) is 12.2. The number of aliphatic hydroxyl groups excluding tert-OH is 1. The molecule has 2 heterocycles. The Bertz CT molecular complexity index is 672. The predicted octanol–water partition coefficient (Wildman–Crippen LogP) is 4.40. The number of halogens is 2. The molecule has 6 heteroatoms. The minimum absolute atomic E-state index is 0.0610. The van der Waals surface area contributed by atoms with Crippen molar-refractivity contribution >= 4 is 35.1 Å². The molecule has 136 valence electrons. The monoisotopic (exact) mass is 398 g/mol. The van der Waals surface area contributed by atoms with E-state index < -0.39 is 0 Å². The lowest BCUT2D eigenvalue weighted by atomic mass is 10.00. The van der Waals surface area contributed by atoms with E-state index in [0.717, 1.165) is 63.3 Å². The highest BCUT2D eigenvalue weighted by atomic mass is 35.5. The van der Waals surface area contributed by atoms with Crippen molar-refractivity contribution in [3.8, 4) is 0 Å². The highest BCUT2D eigenvalue weighted by Gasteiger charge is 2.51. The molecule has 0 unspecified atom stereocenters. The van der Waals surface area contributed by atoms with Crippen LogP contribution in [0.5, 0.6) is 0 Å². The summed E-state index contributed by atoms with van der Waals surface area (Å²) in [4.78, 5) is 2.46. The van der Waals surface area contributed by atoms with E-state index in [2.05, 4.69) is 27.4 Å². The first-order chi connectivity index (χ1) is 12.1. The highest BCUT2D eigenvalue weighted by Crippen LogP contribution is 2.48. The standard InChI is InChI=1S/C19H24Cl2N2OS/c20-16-7-6-14(10-17(16)21)11-22-9-8-19(13-22)18(24)12-23(25-19)15-4-2-1-3-5-15/h1-2,4,10,18,24H,3,5-9,11-13H2/t18-,19+/m0/s1. The number of β-amino-alcohol motifs (C(OH)–C–C–N with tert-alkyl or cyclic N) is 1. The number of likely N-dealkylation sites (tertiary alicyclic amines) is 1. The largest absolute Gasteiger partial charge is 0.390 e. The van der Waals surface area contributed by atoms with Crippen molar-refractivity contribution in [2.24, 2.45) is 0 Å². The van der Waals surface area contributed by atoms with E-state index in [4.69, 9.17) is 23.2 Å². The second-order valence-electron chi connectivity index (χ2n) is 7.37. The molecule has 0 bridgehead atoms. The van der Waals surface area contributed by atoms with Crippen LogP contribution in [-0.2, 0) is 0 Å². The first-order valence-electron chi connectivity index (χ1n) is 9.02. The molecule has 0 amide bonds. The first-order valence-corrected chi connectivity index (χ1v) is 10.5. The number of hydrogen-bond donors (Lipinski definition) is 1. The van der Waals surface area contributed by atoms with Crippen LogP contribution in [0.4, 0.5) is 0 Å². The zero-order valence-corrected chi connectivity index (χ0v) is 16.6. The SMILES string of the molecule is O[C@H]1CN(C2=CC=CCC2)S[C@@]12CCN(CC1=CC(Cl)=C(Cl)CC1)C2. The molecule has 2 atom stereocenters. The maximum absolute atomic E-state index is 10.8. The average Bonchev–Trinajstić information content (AvgIpc) is 3.16. The van der Waals surface area contributed by atoms with E-state index in [1.54, 1.807) is 0 Å². The van der Waals surface area contributed by atoms with E-state index in [-0.39, 0.29) is 10.9 Å². The van der Waals surface area contributed by atoms with Crippen LogP contribution in [-0.4, -0.2) is 51.3 Å². The maximum Gasteiger partial charge on any atom is 0.0901 e. The van der Waals surface area contributed by atoms with Crippen LogP contribution < -0.4 is 0 Å². The van der Waals surface area contributed by atoms with E-state index in [1.807, 2.05) is 18.0 Å². The van der Waals surface area contributed by atoms with Crippen molar-refractivity contribution in [3.05, 3.63) is 45.6 Å². The smallest absolute Gasteiger partial charge is 0.0901 e. The molecule has 0 aromatic rings. The number of rotatable bonds is 3. The van der Waals surface area contributed by atoms with E-state index in [9.17, 15) is 5.11 Å². The number of hydrogen-bond acceptors (Lipinski definition) is 4. The molecule has 2 fully saturated rings. The van der Waals surface area contributed by atoms with E-state index >= 15 is 0 Å². The normalized spacial score (nSPS) is 33.4. The molecular weight excluding hydrogens is 375 g/mol. The fraction of sp³-hybridized carbons (Fsp3) is 0.579. The van der Waals surface area contributed by atoms with Crippen molar-refractivity contribution in [3.63, 3.8) is 0 Å². The van der Waals surface area contributed by atoms with Crippen LogP contribution in [0.25, 0.3) is 0 Å². The van der Waals surface area contributed by atoms with Gasteiger partial charge in [0.1, 0.15) is 0 Å². The Morgan fingerprint density at radius 1 is 1.28 bits per heavy atom. The molecule has 4 rings (SSSR count). The fourth-order valence-electron chi connectivity index (χ4n) is 4.11. The topological polar surface area (TPSA) is 26.7 Å². The summed E-state index contributed by atoms with van der Waals surface area (Å²) in [7, 11) is 0. The fourth-order valence-corrected chi connectivity index (χ4v) is 6.05. The summed E-state index contributed by atoms with van der Waals surface area (Å²) in [5.41, 5.74) is 2.70. The second-order valence-corrected chi connectivity index (χ2v) is 9.67.